The number of aromatic nitrogens is 2. The van der Waals surface area contributed by atoms with Crippen LogP contribution in [0.2, 0.25) is 0 Å². The molecule has 1 aromatic carbocycles. The van der Waals surface area contributed by atoms with E-state index in [1.807, 2.05) is 0 Å². The van der Waals surface area contributed by atoms with Crippen molar-refractivity contribution in [3.63, 3.8) is 0 Å². The molecule has 0 amide bonds. The lowest BCUT2D eigenvalue weighted by Crippen LogP contribution is -2.17. The molecule has 0 N–H and O–H groups in total. The number of aryl methyl sites for hydroxylation is 1. The SMILES string of the molecule is Cc1noc([C@@H](C)S(=O)(=O)Cc2ccccc2C(F)(F)F)n1. The summed E-state index contributed by atoms with van der Waals surface area (Å²) in [5, 5.41) is 2.30. The van der Waals surface area contributed by atoms with Crippen LogP contribution in [0.25, 0.3) is 0 Å². The van der Waals surface area contributed by atoms with Gasteiger partial charge < -0.3 is 4.52 Å². The predicted octanol–water partition coefficient (Wildman–Crippen LogP) is 3.07. The van der Waals surface area contributed by atoms with Gasteiger partial charge in [-0.2, -0.15) is 18.2 Å². The minimum atomic E-state index is -4.61. The van der Waals surface area contributed by atoms with Crippen molar-refractivity contribution in [1.29, 1.82) is 0 Å². The summed E-state index contributed by atoms with van der Waals surface area (Å²) in [5.41, 5.74) is -1.27. The van der Waals surface area contributed by atoms with Crippen molar-refractivity contribution in [2.24, 2.45) is 0 Å². The quantitative estimate of drug-likeness (QED) is 0.859. The highest BCUT2D eigenvalue weighted by molar-refractivity contribution is 7.90. The Hall–Kier alpha value is -1.90. The van der Waals surface area contributed by atoms with Gasteiger partial charge in [0.25, 0.3) is 0 Å². The summed E-state index contributed by atoms with van der Waals surface area (Å²) in [6.45, 7) is 2.82. The van der Waals surface area contributed by atoms with E-state index in [4.69, 9.17) is 4.52 Å². The lowest BCUT2D eigenvalue weighted by molar-refractivity contribution is -0.138. The third-order valence-corrected chi connectivity index (χ3v) is 5.10. The molecule has 9 heteroatoms. The lowest BCUT2D eigenvalue weighted by atomic mass is 10.1. The highest BCUT2D eigenvalue weighted by Crippen LogP contribution is 2.34. The monoisotopic (exact) mass is 334 g/mol. The Bertz CT molecular complexity index is 769. The second-order valence-corrected chi connectivity index (χ2v) is 7.11. The van der Waals surface area contributed by atoms with Crippen LogP contribution >= 0.6 is 0 Å². The summed E-state index contributed by atoms with van der Waals surface area (Å²) in [5.74, 6) is -0.639. The van der Waals surface area contributed by atoms with Gasteiger partial charge in [0.2, 0.25) is 5.89 Å². The van der Waals surface area contributed by atoms with Gasteiger partial charge in [-0.25, -0.2) is 8.42 Å². The van der Waals surface area contributed by atoms with E-state index in [1.54, 1.807) is 0 Å². The van der Waals surface area contributed by atoms with Crippen molar-refractivity contribution < 1.29 is 26.1 Å². The molecular formula is C13H13F3N2O3S. The predicted molar refractivity (Wildman–Crippen MR) is 71.5 cm³/mol. The van der Waals surface area contributed by atoms with Gasteiger partial charge in [-0.1, -0.05) is 23.4 Å². The summed E-state index contributed by atoms with van der Waals surface area (Å²) < 4.78 is 68.1. The van der Waals surface area contributed by atoms with Gasteiger partial charge in [0.05, 0.1) is 11.3 Å². The van der Waals surface area contributed by atoms with E-state index in [2.05, 4.69) is 10.1 Å². The third kappa shape index (κ3) is 3.46. The topological polar surface area (TPSA) is 73.1 Å². The standard InChI is InChI=1S/C13H13F3N2O3S/c1-8(12-17-9(2)18-21-12)22(19,20)7-10-5-3-4-6-11(10)13(14,15)16/h3-6,8H,7H2,1-2H3/t8-/m1/s1. The molecular weight excluding hydrogens is 321 g/mol. The number of halogens is 3. The van der Waals surface area contributed by atoms with E-state index in [1.165, 1.54) is 26.0 Å². The van der Waals surface area contributed by atoms with Gasteiger partial charge in [0.1, 0.15) is 5.25 Å². The van der Waals surface area contributed by atoms with Crippen LogP contribution in [0.1, 0.15) is 35.0 Å². The Morgan fingerprint density at radius 3 is 2.45 bits per heavy atom. The van der Waals surface area contributed by atoms with Crippen LogP contribution < -0.4 is 0 Å². The van der Waals surface area contributed by atoms with Gasteiger partial charge in [0, 0.05) is 0 Å². The van der Waals surface area contributed by atoms with E-state index >= 15 is 0 Å². The Kier molecular flexibility index (Phi) is 4.28. The Labute approximate surface area is 125 Å². The molecule has 120 valence electrons. The van der Waals surface area contributed by atoms with E-state index < -0.39 is 32.6 Å². The summed E-state index contributed by atoms with van der Waals surface area (Å²) >= 11 is 0. The van der Waals surface area contributed by atoms with Crippen molar-refractivity contribution in [2.75, 3.05) is 0 Å². The molecule has 22 heavy (non-hydrogen) atoms. The maximum Gasteiger partial charge on any atom is 0.416 e. The highest BCUT2D eigenvalue weighted by atomic mass is 32.2. The van der Waals surface area contributed by atoms with E-state index in [9.17, 15) is 21.6 Å². The van der Waals surface area contributed by atoms with Crippen molar-refractivity contribution in [3.05, 3.63) is 47.1 Å². The van der Waals surface area contributed by atoms with E-state index in [0.29, 0.717) is 0 Å². The van der Waals surface area contributed by atoms with Gasteiger partial charge in [-0.15, -0.1) is 0 Å². The van der Waals surface area contributed by atoms with Crippen LogP contribution in [-0.4, -0.2) is 18.6 Å². The maximum atomic E-state index is 12.9. The molecule has 2 aromatic rings. The molecule has 0 aliphatic rings. The fourth-order valence-corrected chi connectivity index (χ4v) is 3.23. The Morgan fingerprint density at radius 2 is 1.91 bits per heavy atom. The number of rotatable bonds is 4. The first-order chi connectivity index (χ1) is 10.1. The second kappa shape index (κ2) is 5.71. The van der Waals surface area contributed by atoms with Crippen LogP contribution in [0, 0.1) is 6.92 Å². The average Bonchev–Trinajstić information content (AvgIpc) is 2.83. The van der Waals surface area contributed by atoms with Gasteiger partial charge in [0.15, 0.2) is 15.7 Å². The molecule has 0 spiro atoms. The first-order valence-electron chi connectivity index (χ1n) is 6.28. The molecule has 1 aromatic heterocycles. The van der Waals surface area contributed by atoms with Gasteiger partial charge >= 0.3 is 6.18 Å². The molecule has 0 aliphatic carbocycles. The Balaban J connectivity index is 2.34. The molecule has 0 bridgehead atoms. The minimum absolute atomic E-state index is 0.137. The van der Waals surface area contributed by atoms with E-state index in [-0.39, 0.29) is 17.3 Å². The molecule has 1 atom stereocenters. The lowest BCUT2D eigenvalue weighted by Gasteiger charge is -2.14. The van der Waals surface area contributed by atoms with Crippen molar-refractivity contribution in [2.45, 2.75) is 31.0 Å². The first-order valence-corrected chi connectivity index (χ1v) is 7.99. The summed E-state index contributed by atoms with van der Waals surface area (Å²) in [4.78, 5) is 3.81. The molecule has 1 heterocycles. The van der Waals surface area contributed by atoms with Crippen LogP contribution in [0.4, 0.5) is 13.2 Å². The number of nitrogens with zero attached hydrogens (tertiary/aromatic N) is 2. The number of hydrogen-bond acceptors (Lipinski definition) is 5. The van der Waals surface area contributed by atoms with Crippen molar-refractivity contribution in [1.82, 2.24) is 10.1 Å². The molecule has 0 unspecified atom stereocenters. The van der Waals surface area contributed by atoms with Gasteiger partial charge in [-0.3, -0.25) is 0 Å². The maximum absolute atomic E-state index is 12.9. The fraction of sp³-hybridized carbons (Fsp3) is 0.385. The number of alkyl halides is 3. The van der Waals surface area contributed by atoms with E-state index in [0.717, 1.165) is 12.1 Å². The fourth-order valence-electron chi connectivity index (χ4n) is 1.90. The second-order valence-electron chi connectivity index (χ2n) is 4.78. The Morgan fingerprint density at radius 1 is 1.27 bits per heavy atom. The first kappa shape index (κ1) is 16.5. The van der Waals surface area contributed by atoms with Crippen LogP contribution in [0.15, 0.2) is 28.8 Å². The zero-order valence-corrected chi connectivity index (χ0v) is 12.6. The molecule has 0 saturated heterocycles. The molecule has 2 rings (SSSR count). The smallest absolute Gasteiger partial charge is 0.338 e. The van der Waals surface area contributed by atoms with Crippen LogP contribution in [0.5, 0.6) is 0 Å². The normalized spacial score (nSPS) is 14.0. The number of hydrogen-bond donors (Lipinski definition) is 0. The molecule has 5 nitrogen and oxygen atoms in total. The minimum Gasteiger partial charge on any atom is -0.338 e. The third-order valence-electron chi connectivity index (χ3n) is 3.11. The summed E-state index contributed by atoms with van der Waals surface area (Å²) in [7, 11) is -3.93. The van der Waals surface area contributed by atoms with Gasteiger partial charge in [-0.05, 0) is 25.5 Å². The summed E-state index contributed by atoms with van der Waals surface area (Å²) in [6.07, 6.45) is -4.61. The highest BCUT2D eigenvalue weighted by Gasteiger charge is 2.36. The summed E-state index contributed by atoms with van der Waals surface area (Å²) in [6, 6.07) is 4.57. The largest absolute Gasteiger partial charge is 0.416 e. The molecule has 0 aliphatic heterocycles. The zero-order valence-electron chi connectivity index (χ0n) is 11.8. The molecule has 0 fully saturated rings. The van der Waals surface area contributed by atoms with Crippen molar-refractivity contribution >= 4 is 9.84 Å². The van der Waals surface area contributed by atoms with Crippen LogP contribution in [0.3, 0.4) is 0 Å². The average molecular weight is 334 g/mol. The molecule has 0 saturated carbocycles. The number of benzene rings is 1. The number of sulfone groups is 1. The zero-order chi connectivity index (χ0) is 16.5. The molecule has 0 radical (unpaired) electrons. The van der Waals surface area contributed by atoms with Crippen LogP contribution in [-0.2, 0) is 21.8 Å². The van der Waals surface area contributed by atoms with Crippen molar-refractivity contribution in [3.8, 4) is 0 Å².